The number of nitro benzene ring substituents is 1. The van der Waals surface area contributed by atoms with Crippen molar-refractivity contribution in [2.75, 3.05) is 6.61 Å². The second-order valence-corrected chi connectivity index (χ2v) is 11.9. The molecule has 1 saturated heterocycles. The molecule has 0 bridgehead atoms. The zero-order chi connectivity index (χ0) is 27.5. The fourth-order valence-electron chi connectivity index (χ4n) is 3.73. The third-order valence-electron chi connectivity index (χ3n) is 5.48. The van der Waals surface area contributed by atoms with Crippen LogP contribution in [0.5, 0.6) is 5.75 Å². The summed E-state index contributed by atoms with van der Waals surface area (Å²) in [6, 6.07) is 13.3. The lowest BCUT2D eigenvalue weighted by Crippen LogP contribution is -2.64. The van der Waals surface area contributed by atoms with Crippen LogP contribution in [-0.2, 0) is 20.9 Å². The molecule has 0 saturated carbocycles. The number of para-hydroxylation sites is 1. The molecule has 0 aliphatic carbocycles. The van der Waals surface area contributed by atoms with E-state index in [4.69, 9.17) is 9.47 Å². The first-order valence-corrected chi connectivity index (χ1v) is 13.4. The smallest absolute Gasteiger partial charge is 0.388 e. The van der Waals surface area contributed by atoms with Crippen LogP contribution in [0, 0.1) is 10.1 Å². The Balaban J connectivity index is 1.65. The van der Waals surface area contributed by atoms with Gasteiger partial charge in [-0.15, -0.1) is 0 Å². The first-order chi connectivity index (χ1) is 18.1. The van der Waals surface area contributed by atoms with Crippen molar-refractivity contribution in [1.82, 2.24) is 9.03 Å². The van der Waals surface area contributed by atoms with Crippen LogP contribution in [0.15, 0.2) is 66.7 Å². The number of carbonyl (C=O) groups is 4. The molecule has 3 N–H and O–H groups in total. The Bertz CT molecular complexity index is 1310. The third-order valence-corrected chi connectivity index (χ3v) is 10.2. The number of nitrogens with one attached hydrogen (secondary N) is 1. The second-order valence-electron chi connectivity index (χ2n) is 8.04. The van der Waals surface area contributed by atoms with Crippen LogP contribution in [-0.4, -0.2) is 58.8 Å². The number of amides is 2. The van der Waals surface area contributed by atoms with Crippen LogP contribution in [0.4, 0.5) is 15.3 Å². The maximum absolute atomic E-state index is 13.7. The summed E-state index contributed by atoms with van der Waals surface area (Å²) in [5, 5.41) is 29.3. The number of fused-ring (bicyclic) bond motifs is 1. The molecule has 15 heteroatoms. The topological polar surface area (TPSA) is 186 Å². The average molecular weight is 564 g/mol. The maximum atomic E-state index is 13.7. The highest BCUT2D eigenvalue weighted by atomic mass is 32.3. The van der Waals surface area contributed by atoms with E-state index in [1.807, 2.05) is 0 Å². The molecule has 4 rings (SSSR count). The number of aliphatic hydroxyl groups is 1. The van der Waals surface area contributed by atoms with Crippen LogP contribution >= 0.6 is 22.2 Å². The molecule has 2 amide bonds. The van der Waals surface area contributed by atoms with E-state index in [9.17, 15) is 39.5 Å². The van der Waals surface area contributed by atoms with Crippen LogP contribution in [0.1, 0.15) is 12.0 Å². The van der Waals surface area contributed by atoms with E-state index in [1.165, 1.54) is 30.3 Å². The number of benzene rings is 2. The molecular weight excluding hydrogens is 542 g/mol. The summed E-state index contributed by atoms with van der Waals surface area (Å²) in [5.41, 5.74) is 0.151. The van der Waals surface area contributed by atoms with Crippen molar-refractivity contribution in [1.29, 1.82) is 0 Å². The van der Waals surface area contributed by atoms with Crippen molar-refractivity contribution in [3.05, 3.63) is 82.4 Å². The summed E-state index contributed by atoms with van der Waals surface area (Å²) in [4.78, 5) is 58.8. The number of hydrogen-bond donors (Lipinski definition) is 3. The predicted molar refractivity (Wildman–Crippen MR) is 136 cm³/mol. The summed E-state index contributed by atoms with van der Waals surface area (Å²) in [6.07, 6.45) is 1.44. The number of thioether (sulfide) groups is 1. The lowest BCUT2D eigenvalue weighted by atomic mass is 10.2. The molecule has 3 atom stereocenters. The minimum Gasteiger partial charge on any atom is -0.484 e. The first-order valence-electron chi connectivity index (χ1n) is 10.9. The van der Waals surface area contributed by atoms with E-state index in [0.717, 1.165) is 22.1 Å². The van der Waals surface area contributed by atoms with Gasteiger partial charge in [0.15, 0.2) is 11.5 Å². The lowest BCUT2D eigenvalue weighted by Gasteiger charge is -2.60. The standard InChI is InChI=1S/C23H21N3O10S2/c27-18(14-35-17-4-2-1-3-5-17)24-38(22(31)36-13-15-6-8-16(9-7-15)26(33)34)23(32,12-20(28)29)11-10-19-25(38)21(30)37-19/h1-11,19,32H,12-14H2,(H,24,27)(H,28,29)/t19-,23?/m1/s1. The van der Waals surface area contributed by atoms with Gasteiger partial charge in [-0.1, -0.05) is 24.3 Å². The van der Waals surface area contributed by atoms with Gasteiger partial charge in [-0.25, -0.2) is 4.79 Å². The average Bonchev–Trinajstić information content (AvgIpc) is 2.87. The molecule has 2 aromatic carbocycles. The molecule has 1 fully saturated rings. The Morgan fingerprint density at radius 2 is 1.84 bits per heavy atom. The molecule has 0 radical (unpaired) electrons. The van der Waals surface area contributed by atoms with E-state index in [1.54, 1.807) is 30.3 Å². The van der Waals surface area contributed by atoms with Crippen molar-refractivity contribution in [3.8, 4) is 5.75 Å². The molecule has 0 spiro atoms. The molecule has 2 heterocycles. The molecule has 2 aromatic rings. The maximum Gasteiger partial charge on any atom is 0.388 e. The van der Waals surface area contributed by atoms with Gasteiger partial charge in [0.1, 0.15) is 17.7 Å². The van der Waals surface area contributed by atoms with E-state index in [-0.39, 0.29) is 5.69 Å². The van der Waals surface area contributed by atoms with E-state index in [0.29, 0.717) is 11.3 Å². The number of nitrogens with zero attached hydrogens (tertiary/aromatic N) is 2. The van der Waals surface area contributed by atoms with E-state index in [2.05, 4.69) is 4.72 Å². The molecule has 38 heavy (non-hydrogen) atoms. The molecule has 200 valence electrons. The fraction of sp³-hybridized carbons (Fsp3) is 0.217. The number of rotatable bonds is 8. The number of carboxylic acids is 1. The van der Waals surface area contributed by atoms with Gasteiger partial charge in [0, 0.05) is 12.1 Å². The van der Waals surface area contributed by atoms with Gasteiger partial charge in [-0.05, 0) is 47.7 Å². The SMILES string of the molecule is O=C(O)CC1(O)C=C[C@H]2SC(=O)N2S1(NC(=O)COc1ccccc1)C(=O)OCc1ccc([N+](=O)[O-])cc1. The molecule has 2 unspecified atom stereocenters. The summed E-state index contributed by atoms with van der Waals surface area (Å²) in [5.74, 6) is -2.06. The van der Waals surface area contributed by atoms with E-state index < -0.39 is 67.7 Å². The number of hydrogen-bond acceptors (Lipinski definition) is 10. The van der Waals surface area contributed by atoms with Crippen LogP contribution in [0.25, 0.3) is 0 Å². The number of nitro groups is 1. The summed E-state index contributed by atoms with van der Waals surface area (Å²) >= 11 is 0.816. The van der Waals surface area contributed by atoms with Crippen molar-refractivity contribution in [2.24, 2.45) is 0 Å². The zero-order valence-electron chi connectivity index (χ0n) is 19.4. The van der Waals surface area contributed by atoms with Crippen molar-refractivity contribution >= 4 is 50.3 Å². The summed E-state index contributed by atoms with van der Waals surface area (Å²) < 4.78 is 14.2. The Kier molecular flexibility index (Phi) is 7.61. The van der Waals surface area contributed by atoms with Gasteiger partial charge in [-0.3, -0.25) is 33.5 Å². The van der Waals surface area contributed by atoms with Gasteiger partial charge < -0.3 is 19.7 Å². The highest BCUT2D eigenvalue weighted by Crippen LogP contribution is 2.68. The Morgan fingerprint density at radius 1 is 1.16 bits per heavy atom. The lowest BCUT2D eigenvalue weighted by molar-refractivity contribution is -0.384. The minimum atomic E-state index is -3.90. The molecule has 13 nitrogen and oxygen atoms in total. The molecule has 2 aliphatic rings. The zero-order valence-corrected chi connectivity index (χ0v) is 21.1. The number of non-ortho nitro benzene ring substituents is 1. The molecule has 0 aromatic heterocycles. The molecule has 2 aliphatic heterocycles. The quantitative estimate of drug-likeness (QED) is 0.185. The van der Waals surface area contributed by atoms with Crippen LogP contribution in [0.2, 0.25) is 0 Å². The van der Waals surface area contributed by atoms with E-state index >= 15 is 0 Å². The van der Waals surface area contributed by atoms with Crippen LogP contribution < -0.4 is 9.46 Å². The molecular formula is C23H21N3O10S2. The van der Waals surface area contributed by atoms with Gasteiger partial charge in [0.25, 0.3) is 16.8 Å². The van der Waals surface area contributed by atoms with Crippen LogP contribution in [0.3, 0.4) is 0 Å². The third kappa shape index (κ3) is 5.16. The number of ether oxygens (including phenoxy) is 2. The highest BCUT2D eigenvalue weighted by molar-refractivity contribution is 8.45. The monoisotopic (exact) mass is 563 g/mol. The number of carboxylic acid groups (broad SMARTS) is 1. The normalized spacial score (nSPS) is 25.2. The summed E-state index contributed by atoms with van der Waals surface area (Å²) in [6.45, 7) is -1.05. The van der Waals surface area contributed by atoms with Gasteiger partial charge in [0.05, 0.1) is 21.7 Å². The Labute approximate surface area is 221 Å². The Hall–Kier alpha value is -4.08. The number of aliphatic carboxylic acids is 1. The largest absolute Gasteiger partial charge is 0.484 e. The van der Waals surface area contributed by atoms with Crippen molar-refractivity contribution < 1.29 is 43.8 Å². The fourth-order valence-corrected chi connectivity index (χ4v) is 8.30. The Morgan fingerprint density at radius 3 is 2.45 bits per heavy atom. The van der Waals surface area contributed by atoms with Gasteiger partial charge in [-0.2, -0.15) is 0 Å². The van der Waals surface area contributed by atoms with Crippen molar-refractivity contribution in [2.45, 2.75) is 23.3 Å². The second kappa shape index (κ2) is 10.7. The minimum absolute atomic E-state index is 0.188. The highest BCUT2D eigenvalue weighted by Gasteiger charge is 2.65. The first kappa shape index (κ1) is 27.0. The van der Waals surface area contributed by atoms with Gasteiger partial charge in [0.2, 0.25) is 0 Å². The predicted octanol–water partition coefficient (Wildman–Crippen LogP) is 3.29. The van der Waals surface area contributed by atoms with Gasteiger partial charge >= 0.3 is 11.3 Å². The number of carbonyl (C=O) groups excluding carboxylic acids is 3. The van der Waals surface area contributed by atoms with Crippen molar-refractivity contribution in [3.63, 3.8) is 0 Å². The summed E-state index contributed by atoms with van der Waals surface area (Å²) in [7, 11) is -3.90.